The van der Waals surface area contributed by atoms with Crippen LogP contribution in [0.4, 0.5) is 13.2 Å². The monoisotopic (exact) mass is 515 g/mol. The summed E-state index contributed by atoms with van der Waals surface area (Å²) >= 11 is 1.64. The first-order valence-corrected chi connectivity index (χ1v) is 8.78. The number of alkyl halides is 3. The molecule has 2 N–H and O–H groups in total. The van der Waals surface area contributed by atoms with Crippen molar-refractivity contribution in [3.05, 3.63) is 40.0 Å². The van der Waals surface area contributed by atoms with Gasteiger partial charge in [0.1, 0.15) is 11.6 Å². The van der Waals surface area contributed by atoms with Crippen LogP contribution in [0.25, 0.3) is 0 Å². The van der Waals surface area contributed by atoms with Gasteiger partial charge in [-0.15, -0.1) is 35.3 Å². The number of aliphatic imine (C=N–C) groups is 1. The molecule has 2 aromatic rings. The average Bonchev–Trinajstić information content (AvgIpc) is 3.09. The molecule has 0 saturated carbocycles. The Bertz CT molecular complexity index is 722. The first kappa shape index (κ1) is 23.4. The van der Waals surface area contributed by atoms with Crippen molar-refractivity contribution in [1.29, 1.82) is 0 Å². The molecule has 6 nitrogen and oxygen atoms in total. The number of nitrogens with one attached hydrogen (secondary N) is 2. The Labute approximate surface area is 176 Å². The maximum absolute atomic E-state index is 12.5. The van der Waals surface area contributed by atoms with Gasteiger partial charge in [0.05, 0.1) is 18.7 Å². The van der Waals surface area contributed by atoms with Gasteiger partial charge >= 0.3 is 6.18 Å². The van der Waals surface area contributed by atoms with Gasteiger partial charge in [-0.1, -0.05) is 6.92 Å². The number of hydrogen-bond donors (Lipinski definition) is 2. The molecule has 0 fully saturated rings. The zero-order valence-electron chi connectivity index (χ0n) is 14.8. The second-order valence-corrected chi connectivity index (χ2v) is 6.36. The Hall–Kier alpha value is -1.63. The normalized spacial score (nSPS) is 11.7. The Kier molecular flexibility index (Phi) is 9.77. The summed E-state index contributed by atoms with van der Waals surface area (Å²) in [5.74, 6) is 0.722. The van der Waals surface area contributed by atoms with E-state index in [1.807, 2.05) is 6.20 Å². The van der Waals surface area contributed by atoms with Gasteiger partial charge in [0, 0.05) is 30.4 Å². The number of halogens is 4. The van der Waals surface area contributed by atoms with Crippen LogP contribution in [0.1, 0.15) is 22.4 Å². The van der Waals surface area contributed by atoms with E-state index < -0.39 is 11.7 Å². The second-order valence-electron chi connectivity index (χ2n) is 5.16. The summed E-state index contributed by atoms with van der Waals surface area (Å²) in [6.07, 6.45) is -0.828. The molecule has 0 spiro atoms. The SMILES string of the molecule is CCc1cnc(CNC(=NC)NCCOc2ccc(C(F)(F)F)cn2)s1.I. The molecule has 0 bridgehead atoms. The number of rotatable bonds is 7. The Morgan fingerprint density at radius 1 is 1.22 bits per heavy atom. The molecule has 0 amide bonds. The van der Waals surface area contributed by atoms with Crippen LogP contribution >= 0.6 is 35.3 Å². The van der Waals surface area contributed by atoms with Gasteiger partial charge in [0.15, 0.2) is 5.96 Å². The van der Waals surface area contributed by atoms with Gasteiger partial charge in [-0.05, 0) is 12.5 Å². The van der Waals surface area contributed by atoms with Gasteiger partial charge in [0.25, 0.3) is 0 Å². The first-order chi connectivity index (χ1) is 12.4. The van der Waals surface area contributed by atoms with Crippen LogP contribution in [-0.2, 0) is 19.1 Å². The van der Waals surface area contributed by atoms with Crippen LogP contribution in [0.3, 0.4) is 0 Å². The quantitative estimate of drug-likeness (QED) is 0.256. The van der Waals surface area contributed by atoms with Crippen LogP contribution < -0.4 is 15.4 Å². The predicted octanol–water partition coefficient (Wildman–Crippen LogP) is 3.48. The van der Waals surface area contributed by atoms with Crippen molar-refractivity contribution in [3.8, 4) is 5.88 Å². The largest absolute Gasteiger partial charge is 0.476 e. The lowest BCUT2D eigenvalue weighted by Gasteiger charge is -2.12. The molecule has 0 unspecified atom stereocenters. The second kappa shape index (κ2) is 11.3. The van der Waals surface area contributed by atoms with E-state index in [9.17, 15) is 13.2 Å². The third kappa shape index (κ3) is 7.87. The van der Waals surface area contributed by atoms with E-state index in [1.54, 1.807) is 18.4 Å². The molecule has 0 aliphatic carbocycles. The smallest absolute Gasteiger partial charge is 0.417 e. The third-order valence-corrected chi connectivity index (χ3v) is 4.43. The van der Waals surface area contributed by atoms with Crippen LogP contribution in [0.15, 0.2) is 29.5 Å². The van der Waals surface area contributed by atoms with Crippen molar-refractivity contribution in [3.63, 3.8) is 0 Å². The number of pyridine rings is 1. The van der Waals surface area contributed by atoms with Gasteiger partial charge < -0.3 is 15.4 Å². The molecule has 0 aliphatic heterocycles. The highest BCUT2D eigenvalue weighted by molar-refractivity contribution is 14.0. The maximum Gasteiger partial charge on any atom is 0.417 e. The highest BCUT2D eigenvalue weighted by Gasteiger charge is 2.30. The fraction of sp³-hybridized carbons (Fsp3) is 0.438. The minimum absolute atomic E-state index is 0. The number of aryl methyl sites for hydroxylation is 1. The highest BCUT2D eigenvalue weighted by Crippen LogP contribution is 2.29. The Morgan fingerprint density at radius 3 is 2.56 bits per heavy atom. The molecule has 0 radical (unpaired) electrons. The molecule has 2 aromatic heterocycles. The summed E-state index contributed by atoms with van der Waals surface area (Å²) in [6, 6.07) is 2.14. The third-order valence-electron chi connectivity index (χ3n) is 3.29. The van der Waals surface area contributed by atoms with Crippen molar-refractivity contribution in [1.82, 2.24) is 20.6 Å². The summed E-state index contributed by atoms with van der Waals surface area (Å²) in [5, 5.41) is 7.15. The first-order valence-electron chi connectivity index (χ1n) is 7.96. The minimum Gasteiger partial charge on any atom is -0.476 e. The molecule has 2 rings (SSSR count). The van der Waals surface area contributed by atoms with Crippen LogP contribution in [0.5, 0.6) is 5.88 Å². The van der Waals surface area contributed by atoms with E-state index in [2.05, 4.69) is 32.5 Å². The lowest BCUT2D eigenvalue weighted by molar-refractivity contribution is -0.137. The molecule has 27 heavy (non-hydrogen) atoms. The minimum atomic E-state index is -4.40. The molecule has 0 atom stereocenters. The zero-order chi connectivity index (χ0) is 19.0. The van der Waals surface area contributed by atoms with Crippen molar-refractivity contribution >= 4 is 41.3 Å². The summed E-state index contributed by atoms with van der Waals surface area (Å²) in [5.41, 5.74) is -0.805. The van der Waals surface area contributed by atoms with E-state index in [-0.39, 0.29) is 36.5 Å². The molecular weight excluding hydrogens is 494 g/mol. The lowest BCUT2D eigenvalue weighted by Crippen LogP contribution is -2.38. The van der Waals surface area contributed by atoms with Crippen molar-refractivity contribution in [2.75, 3.05) is 20.2 Å². The fourth-order valence-electron chi connectivity index (χ4n) is 1.93. The summed E-state index contributed by atoms with van der Waals surface area (Å²) in [6.45, 7) is 3.29. The van der Waals surface area contributed by atoms with E-state index in [1.165, 1.54) is 10.9 Å². The molecule has 0 aromatic carbocycles. The van der Waals surface area contributed by atoms with Gasteiger partial charge in [-0.3, -0.25) is 4.99 Å². The van der Waals surface area contributed by atoms with E-state index in [4.69, 9.17) is 4.74 Å². The van der Waals surface area contributed by atoms with Crippen molar-refractivity contribution < 1.29 is 17.9 Å². The average molecular weight is 515 g/mol. The van der Waals surface area contributed by atoms with E-state index in [0.29, 0.717) is 19.0 Å². The molecule has 0 aliphatic rings. The van der Waals surface area contributed by atoms with E-state index >= 15 is 0 Å². The topological polar surface area (TPSA) is 71.4 Å². The van der Waals surface area contributed by atoms with Crippen LogP contribution in [-0.4, -0.2) is 36.1 Å². The lowest BCUT2D eigenvalue weighted by atomic mass is 10.3. The Balaban J connectivity index is 0.00000364. The summed E-state index contributed by atoms with van der Waals surface area (Å²) < 4.78 is 42.7. The standard InChI is InChI=1S/C16H20F3N5OS.HI/c1-3-12-9-23-14(26-12)10-24-15(20-2)21-6-7-25-13-5-4-11(8-22-13)16(17,18)19;/h4-5,8-9H,3,6-7,10H2,1-2H3,(H2,20,21,24);1H. The number of nitrogens with zero attached hydrogens (tertiary/aromatic N) is 3. The molecular formula is C16H21F3IN5OS. The van der Waals surface area contributed by atoms with E-state index in [0.717, 1.165) is 23.7 Å². The molecule has 2 heterocycles. The number of hydrogen-bond acceptors (Lipinski definition) is 5. The molecule has 0 saturated heterocycles. The molecule has 11 heteroatoms. The summed E-state index contributed by atoms with van der Waals surface area (Å²) in [4.78, 5) is 13.3. The van der Waals surface area contributed by atoms with Crippen molar-refractivity contribution in [2.24, 2.45) is 4.99 Å². The maximum atomic E-state index is 12.5. The number of guanidine groups is 1. The Morgan fingerprint density at radius 2 is 2.00 bits per heavy atom. The fourth-order valence-corrected chi connectivity index (χ4v) is 2.73. The van der Waals surface area contributed by atoms with Gasteiger partial charge in [0.2, 0.25) is 5.88 Å². The predicted molar refractivity (Wildman–Crippen MR) is 110 cm³/mol. The van der Waals surface area contributed by atoms with Crippen molar-refractivity contribution in [2.45, 2.75) is 26.1 Å². The van der Waals surface area contributed by atoms with Gasteiger partial charge in [-0.2, -0.15) is 13.2 Å². The van der Waals surface area contributed by atoms with Crippen LogP contribution in [0, 0.1) is 0 Å². The van der Waals surface area contributed by atoms with Crippen LogP contribution in [0.2, 0.25) is 0 Å². The number of thiazole rings is 1. The van der Waals surface area contributed by atoms with Gasteiger partial charge in [-0.25, -0.2) is 9.97 Å². The highest BCUT2D eigenvalue weighted by atomic mass is 127. The number of aromatic nitrogens is 2. The molecule has 150 valence electrons. The zero-order valence-corrected chi connectivity index (χ0v) is 18.0. The summed E-state index contributed by atoms with van der Waals surface area (Å²) in [7, 11) is 1.65. The number of ether oxygens (including phenoxy) is 1.